The summed E-state index contributed by atoms with van der Waals surface area (Å²) in [6, 6.07) is 17.3. The summed E-state index contributed by atoms with van der Waals surface area (Å²) in [7, 11) is 3.88. The molecule has 20 heavy (non-hydrogen) atoms. The molecule has 0 radical (unpaired) electrons. The zero-order valence-electron chi connectivity index (χ0n) is 11.4. The van der Waals surface area contributed by atoms with Gasteiger partial charge >= 0.3 is 5.84 Å². The number of fused-ring (bicyclic) bond motifs is 1. The maximum Gasteiger partial charge on any atom is 0.313 e. The topological polar surface area (TPSA) is 47.8 Å². The Labute approximate surface area is 116 Å². The lowest BCUT2D eigenvalue weighted by molar-refractivity contribution is -0.645. The van der Waals surface area contributed by atoms with E-state index in [9.17, 15) is 5.21 Å². The Kier molecular flexibility index (Phi) is 2.95. The van der Waals surface area contributed by atoms with Crippen molar-refractivity contribution in [3.63, 3.8) is 0 Å². The Morgan fingerprint density at radius 3 is 2.40 bits per heavy atom. The molecule has 0 fully saturated rings. The zero-order chi connectivity index (χ0) is 14.1. The van der Waals surface area contributed by atoms with Crippen LogP contribution < -0.4 is 4.85 Å². The molecule has 1 aromatic heterocycles. The van der Waals surface area contributed by atoms with Gasteiger partial charge in [-0.15, -0.1) is 4.85 Å². The fraction of sp³-hybridized carbons (Fsp3) is 0.133. The van der Waals surface area contributed by atoms with Crippen LogP contribution in [0.15, 0.2) is 54.6 Å². The molecule has 1 heterocycles. The van der Waals surface area contributed by atoms with E-state index in [0.717, 1.165) is 16.9 Å². The third-order valence-electron chi connectivity index (χ3n) is 3.14. The summed E-state index contributed by atoms with van der Waals surface area (Å²) in [6.45, 7) is 0. The number of nitrogens with zero attached hydrogens (tertiary/aromatic N) is 4. The Bertz CT molecular complexity index is 786. The molecule has 0 atom stereocenters. The Balaban J connectivity index is 2.30. The minimum absolute atomic E-state index is 0.558. The molecule has 0 aliphatic rings. The molecular formula is C15H15N4O+. The first kappa shape index (κ1) is 12.3. The van der Waals surface area contributed by atoms with Gasteiger partial charge in [0.25, 0.3) is 0 Å². The van der Waals surface area contributed by atoms with Gasteiger partial charge in [0.2, 0.25) is 11.0 Å². The van der Waals surface area contributed by atoms with Crippen molar-refractivity contribution in [3.05, 3.63) is 65.4 Å². The lowest BCUT2D eigenvalue weighted by Crippen LogP contribution is -2.33. The van der Waals surface area contributed by atoms with E-state index < -0.39 is 0 Å². The second kappa shape index (κ2) is 4.77. The van der Waals surface area contributed by atoms with Gasteiger partial charge in [0, 0.05) is 0 Å². The van der Waals surface area contributed by atoms with Crippen LogP contribution in [0, 0.1) is 5.21 Å². The fourth-order valence-electron chi connectivity index (χ4n) is 2.30. The second-order valence-corrected chi connectivity index (χ2v) is 4.75. The molecule has 0 saturated heterocycles. The minimum Gasteiger partial charge on any atom is -0.691 e. The number of hydrogen-bond acceptors (Lipinski definition) is 2. The van der Waals surface area contributed by atoms with Crippen LogP contribution in [0.4, 0.5) is 0 Å². The van der Waals surface area contributed by atoms with Crippen molar-refractivity contribution in [1.29, 1.82) is 0 Å². The molecule has 0 saturated carbocycles. The van der Waals surface area contributed by atoms with E-state index in [1.54, 1.807) is 10.7 Å². The van der Waals surface area contributed by atoms with Crippen molar-refractivity contribution in [1.82, 2.24) is 9.90 Å². The summed E-state index contributed by atoms with van der Waals surface area (Å²) in [5.74, 6) is 0.858. The molecule has 5 heteroatoms. The van der Waals surface area contributed by atoms with Gasteiger partial charge in [0.15, 0.2) is 0 Å². The van der Waals surface area contributed by atoms with Crippen LogP contribution in [-0.2, 0) is 0 Å². The summed E-state index contributed by atoms with van der Waals surface area (Å²) in [5, 5.41) is 16.0. The smallest absolute Gasteiger partial charge is 0.313 e. The first-order valence-corrected chi connectivity index (χ1v) is 6.36. The Morgan fingerprint density at radius 1 is 1.05 bits per heavy atom. The first-order chi connectivity index (χ1) is 9.68. The highest BCUT2D eigenvalue weighted by Crippen LogP contribution is 2.11. The molecule has 0 unspecified atom stereocenters. The maximum atomic E-state index is 11.9. The molecule has 3 aromatic rings. The Hall–Kier alpha value is -2.69. The highest BCUT2D eigenvalue weighted by atomic mass is 16.5. The van der Waals surface area contributed by atoms with Gasteiger partial charge in [-0.3, -0.25) is 4.58 Å². The molecule has 3 rings (SSSR count). The average Bonchev–Trinajstić information content (AvgIpc) is 2.78. The molecule has 0 bridgehead atoms. The van der Waals surface area contributed by atoms with E-state index in [2.05, 4.69) is 5.21 Å². The van der Waals surface area contributed by atoms with Gasteiger partial charge in [-0.2, -0.15) is 0 Å². The van der Waals surface area contributed by atoms with Crippen LogP contribution in [0.1, 0.15) is 5.56 Å². The third-order valence-corrected chi connectivity index (χ3v) is 3.14. The molecule has 100 valence electrons. The van der Waals surface area contributed by atoms with E-state index in [0.29, 0.717) is 10.4 Å². The molecule has 0 aliphatic carbocycles. The zero-order valence-corrected chi connectivity index (χ0v) is 11.4. The lowest BCUT2D eigenvalue weighted by Gasteiger charge is -2.02. The number of hydrogen-bond donors (Lipinski definition) is 0. The van der Waals surface area contributed by atoms with Crippen molar-refractivity contribution >= 4 is 16.9 Å². The lowest BCUT2D eigenvalue weighted by atomic mass is 10.2. The summed E-state index contributed by atoms with van der Waals surface area (Å²) < 4.78 is 3.63. The third kappa shape index (κ3) is 1.93. The highest BCUT2D eigenvalue weighted by molar-refractivity contribution is 6.00. The van der Waals surface area contributed by atoms with Gasteiger partial charge in [-0.05, 0) is 24.3 Å². The van der Waals surface area contributed by atoms with Crippen molar-refractivity contribution in [2.24, 2.45) is 0 Å². The van der Waals surface area contributed by atoms with Crippen LogP contribution in [0.5, 0.6) is 0 Å². The van der Waals surface area contributed by atoms with Gasteiger partial charge < -0.3 is 5.21 Å². The predicted molar refractivity (Wildman–Crippen MR) is 76.8 cm³/mol. The van der Waals surface area contributed by atoms with Crippen molar-refractivity contribution < 1.29 is 9.42 Å². The average molecular weight is 267 g/mol. The second-order valence-electron chi connectivity index (χ2n) is 4.75. The largest absolute Gasteiger partial charge is 0.691 e. The molecule has 0 spiro atoms. The van der Waals surface area contributed by atoms with Crippen LogP contribution >= 0.6 is 0 Å². The molecule has 2 aromatic carbocycles. The number of benzene rings is 2. The summed E-state index contributed by atoms with van der Waals surface area (Å²) >= 11 is 0. The van der Waals surface area contributed by atoms with Crippen LogP contribution in [-0.4, -0.2) is 34.4 Å². The van der Waals surface area contributed by atoms with E-state index in [4.69, 9.17) is 0 Å². The Morgan fingerprint density at radius 2 is 1.70 bits per heavy atom. The number of para-hydroxylation sites is 2. The van der Waals surface area contributed by atoms with E-state index >= 15 is 0 Å². The normalized spacial score (nSPS) is 10.7. The van der Waals surface area contributed by atoms with E-state index in [1.807, 2.05) is 67.2 Å². The van der Waals surface area contributed by atoms with Crippen LogP contribution in [0.2, 0.25) is 0 Å². The van der Waals surface area contributed by atoms with Gasteiger partial charge in [-0.1, -0.05) is 35.0 Å². The molecule has 0 amide bonds. The minimum atomic E-state index is 0.558. The fourth-order valence-corrected chi connectivity index (χ4v) is 2.30. The molecule has 0 N–H and O–H groups in total. The summed E-state index contributed by atoms with van der Waals surface area (Å²) in [6.07, 6.45) is 0. The van der Waals surface area contributed by atoms with Gasteiger partial charge in [-0.25, -0.2) is 0 Å². The summed E-state index contributed by atoms with van der Waals surface area (Å²) in [4.78, 5) is 0.655. The van der Waals surface area contributed by atoms with Crippen molar-refractivity contribution in [3.8, 4) is 0 Å². The number of rotatable bonds is 1. The molecule has 0 aliphatic heterocycles. The van der Waals surface area contributed by atoms with Gasteiger partial charge in [0.1, 0.15) is 5.21 Å². The van der Waals surface area contributed by atoms with E-state index in [-0.39, 0.29) is 0 Å². The van der Waals surface area contributed by atoms with Gasteiger partial charge in [0.05, 0.1) is 19.7 Å². The van der Waals surface area contributed by atoms with Crippen LogP contribution in [0.3, 0.4) is 0 Å². The molecular weight excluding hydrogens is 252 g/mol. The quantitative estimate of drug-likeness (QED) is 0.288. The SMILES string of the molecule is C[N+](C)=C(c1ccccc1)n1n[n+]([O-])c2ccccc21. The van der Waals surface area contributed by atoms with E-state index in [1.165, 1.54) is 0 Å². The first-order valence-electron chi connectivity index (χ1n) is 6.36. The maximum absolute atomic E-state index is 11.9. The van der Waals surface area contributed by atoms with Crippen molar-refractivity contribution in [2.75, 3.05) is 14.1 Å². The predicted octanol–water partition coefficient (Wildman–Crippen LogP) is 1.24. The highest BCUT2D eigenvalue weighted by Gasteiger charge is 2.23. The number of aromatic nitrogens is 3. The van der Waals surface area contributed by atoms with Crippen molar-refractivity contribution in [2.45, 2.75) is 0 Å². The molecule has 5 nitrogen and oxygen atoms in total. The summed E-state index contributed by atoms with van der Waals surface area (Å²) in [5.41, 5.74) is 2.35. The monoisotopic (exact) mass is 267 g/mol. The standard InChI is InChI=1S/C15H15N4O/c1-17(2)15(12-8-4-3-5-9-12)18-13-10-6-7-11-14(13)19(20)16-18/h3-11H,1-2H3/q+1. The van der Waals surface area contributed by atoms with Crippen LogP contribution in [0.25, 0.3) is 11.0 Å².